The molecule has 4 rings (SSSR count). The van der Waals surface area contributed by atoms with Crippen LogP contribution in [0.15, 0.2) is 54.3 Å². The SMILES string of the molecule is CCCCN(c1cccc(-c2sc(C(=O)O)cc2Cl)c1)C1CCN(S(=O)(=O)C(C)(C)C2C=CC=C(N)C2)CC1. The third-order valence-corrected chi connectivity index (χ3v) is 12.2. The second-order valence-electron chi connectivity index (χ2n) is 10.9. The molecule has 2 aromatic rings. The summed E-state index contributed by atoms with van der Waals surface area (Å²) in [6.07, 6.45) is 9.72. The number of sulfonamides is 1. The van der Waals surface area contributed by atoms with Crippen LogP contribution in [0.25, 0.3) is 10.4 Å². The predicted molar refractivity (Wildman–Crippen MR) is 161 cm³/mol. The van der Waals surface area contributed by atoms with Crippen LogP contribution < -0.4 is 10.6 Å². The van der Waals surface area contributed by atoms with E-state index in [9.17, 15) is 18.3 Å². The number of carboxylic acids is 1. The van der Waals surface area contributed by atoms with Crippen LogP contribution in [0.3, 0.4) is 0 Å². The summed E-state index contributed by atoms with van der Waals surface area (Å²) in [5.41, 5.74) is 8.66. The summed E-state index contributed by atoms with van der Waals surface area (Å²) in [7, 11) is -3.55. The second kappa shape index (κ2) is 12.0. The fourth-order valence-electron chi connectivity index (χ4n) is 5.45. The Morgan fingerprint density at radius 3 is 2.59 bits per heavy atom. The van der Waals surface area contributed by atoms with Crippen LogP contribution in [0.1, 0.15) is 62.5 Å². The minimum Gasteiger partial charge on any atom is -0.477 e. The van der Waals surface area contributed by atoms with Crippen LogP contribution in [-0.4, -0.2) is 54.2 Å². The molecular weight excluding hydrogens is 554 g/mol. The molecule has 1 fully saturated rings. The van der Waals surface area contributed by atoms with E-state index in [1.807, 2.05) is 44.2 Å². The molecule has 7 nitrogen and oxygen atoms in total. The molecule has 0 saturated carbocycles. The summed E-state index contributed by atoms with van der Waals surface area (Å²) in [6.45, 7) is 7.59. The standard InChI is InChI=1S/C29H38ClN3O4S2/c1-4-5-14-33(24-11-6-8-20(17-24)27-25(30)19-26(38-27)28(34)35)23-12-15-32(16-13-23)39(36,37)29(2,3)21-9-7-10-22(31)18-21/h6-11,17,19,21,23H,4-5,12-16,18,31H2,1-3H3,(H,34,35). The molecule has 212 valence electrons. The van der Waals surface area contributed by atoms with Crippen LogP contribution in [0.4, 0.5) is 5.69 Å². The molecule has 1 aliphatic carbocycles. The molecule has 0 amide bonds. The minimum absolute atomic E-state index is 0.167. The highest BCUT2D eigenvalue weighted by molar-refractivity contribution is 7.90. The minimum atomic E-state index is -3.55. The van der Waals surface area contributed by atoms with Crippen LogP contribution in [0.5, 0.6) is 0 Å². The van der Waals surface area contributed by atoms with Gasteiger partial charge < -0.3 is 15.7 Å². The van der Waals surface area contributed by atoms with E-state index >= 15 is 0 Å². The second-order valence-corrected chi connectivity index (χ2v) is 14.8. The van der Waals surface area contributed by atoms with Crippen molar-refractivity contribution in [2.24, 2.45) is 11.7 Å². The molecular formula is C29H38ClN3O4S2. The highest BCUT2D eigenvalue weighted by Gasteiger charge is 2.45. The summed E-state index contributed by atoms with van der Waals surface area (Å²) >= 11 is 7.58. The van der Waals surface area contributed by atoms with E-state index < -0.39 is 20.7 Å². The van der Waals surface area contributed by atoms with Crippen molar-refractivity contribution >= 4 is 44.6 Å². The summed E-state index contributed by atoms with van der Waals surface area (Å²) in [5, 5.41) is 9.81. The smallest absolute Gasteiger partial charge is 0.345 e. The Morgan fingerprint density at radius 1 is 1.26 bits per heavy atom. The predicted octanol–water partition coefficient (Wildman–Crippen LogP) is 6.36. The maximum absolute atomic E-state index is 13.8. The molecule has 1 aromatic heterocycles. The lowest BCUT2D eigenvalue weighted by Crippen LogP contribution is -2.54. The Hall–Kier alpha value is -2.33. The van der Waals surface area contributed by atoms with Crippen molar-refractivity contribution in [2.45, 2.75) is 63.7 Å². The molecule has 2 heterocycles. The van der Waals surface area contributed by atoms with Gasteiger partial charge in [-0.05, 0) is 69.4 Å². The number of allylic oxidation sites excluding steroid dienone is 4. The number of aromatic carboxylic acids is 1. The van der Waals surface area contributed by atoms with E-state index in [1.54, 1.807) is 4.31 Å². The number of thiophene rings is 1. The van der Waals surface area contributed by atoms with Crippen molar-refractivity contribution in [2.75, 3.05) is 24.5 Å². The summed E-state index contributed by atoms with van der Waals surface area (Å²) < 4.78 is 28.3. The molecule has 3 N–H and O–H groups in total. The van der Waals surface area contributed by atoms with Gasteiger partial charge in [-0.15, -0.1) is 11.3 Å². The first-order valence-electron chi connectivity index (χ1n) is 13.5. The van der Waals surface area contributed by atoms with Gasteiger partial charge in [-0.3, -0.25) is 0 Å². The van der Waals surface area contributed by atoms with Crippen LogP contribution in [-0.2, 0) is 10.0 Å². The van der Waals surface area contributed by atoms with Gasteiger partial charge in [0.1, 0.15) is 4.88 Å². The molecule has 1 unspecified atom stereocenters. The van der Waals surface area contributed by atoms with Gasteiger partial charge >= 0.3 is 5.97 Å². The first kappa shape index (κ1) is 29.6. The molecule has 39 heavy (non-hydrogen) atoms. The zero-order valence-corrected chi connectivity index (χ0v) is 25.2. The number of benzene rings is 1. The molecule has 10 heteroatoms. The number of rotatable bonds is 10. The summed E-state index contributed by atoms with van der Waals surface area (Å²) in [4.78, 5) is 14.8. The van der Waals surface area contributed by atoms with E-state index in [-0.39, 0.29) is 16.8 Å². The molecule has 1 aromatic carbocycles. The maximum atomic E-state index is 13.8. The van der Waals surface area contributed by atoms with E-state index in [0.29, 0.717) is 30.2 Å². The molecule has 0 radical (unpaired) electrons. The first-order chi connectivity index (χ1) is 18.5. The third kappa shape index (κ3) is 6.21. The number of halogens is 1. The molecule has 0 bridgehead atoms. The van der Waals surface area contributed by atoms with Gasteiger partial charge in [-0.25, -0.2) is 17.5 Å². The van der Waals surface area contributed by atoms with Crippen LogP contribution in [0, 0.1) is 5.92 Å². The lowest BCUT2D eigenvalue weighted by Gasteiger charge is -2.43. The molecule has 0 spiro atoms. The first-order valence-corrected chi connectivity index (χ1v) is 16.1. The van der Waals surface area contributed by atoms with Crippen molar-refractivity contribution in [3.63, 3.8) is 0 Å². The van der Waals surface area contributed by atoms with Gasteiger partial charge in [-0.2, -0.15) is 0 Å². The number of nitrogens with two attached hydrogens (primary N) is 1. The third-order valence-electron chi connectivity index (χ3n) is 7.96. The molecule has 2 aliphatic rings. The van der Waals surface area contributed by atoms with Crippen LogP contribution >= 0.6 is 22.9 Å². The zero-order valence-electron chi connectivity index (χ0n) is 22.8. The average molecular weight is 592 g/mol. The number of hydrogen-bond acceptors (Lipinski definition) is 6. The highest BCUT2D eigenvalue weighted by atomic mass is 35.5. The van der Waals surface area contributed by atoms with Gasteiger partial charge in [-0.1, -0.05) is 49.2 Å². The molecule has 1 aliphatic heterocycles. The number of nitrogens with zero attached hydrogens (tertiary/aromatic N) is 2. The lowest BCUT2D eigenvalue weighted by molar-refractivity contribution is 0.0702. The van der Waals surface area contributed by atoms with Gasteiger partial charge in [0, 0.05) is 43.0 Å². The molecule has 1 atom stereocenters. The molecule has 1 saturated heterocycles. The van der Waals surface area contributed by atoms with Crippen molar-refractivity contribution in [1.82, 2.24) is 4.31 Å². The van der Waals surface area contributed by atoms with Gasteiger partial charge in [0.05, 0.1) is 14.6 Å². The lowest BCUT2D eigenvalue weighted by atomic mass is 9.87. The fraction of sp³-hybridized carbons (Fsp3) is 0.483. The Labute approximate surface area is 241 Å². The van der Waals surface area contributed by atoms with Crippen molar-refractivity contribution in [3.8, 4) is 10.4 Å². The van der Waals surface area contributed by atoms with Gasteiger partial charge in [0.15, 0.2) is 0 Å². The summed E-state index contributed by atoms with van der Waals surface area (Å²) in [6, 6.07) is 9.75. The Bertz CT molecular complexity index is 1360. The van der Waals surface area contributed by atoms with E-state index in [0.717, 1.165) is 48.4 Å². The monoisotopic (exact) mass is 591 g/mol. The Kier molecular flexibility index (Phi) is 9.15. The quantitative estimate of drug-likeness (QED) is 0.333. The van der Waals surface area contributed by atoms with E-state index in [4.69, 9.17) is 17.3 Å². The average Bonchev–Trinajstić information content (AvgIpc) is 3.31. The normalized spacial score (nSPS) is 19.2. The van der Waals surface area contributed by atoms with Crippen molar-refractivity contribution in [3.05, 3.63) is 64.2 Å². The van der Waals surface area contributed by atoms with Crippen molar-refractivity contribution < 1.29 is 18.3 Å². The van der Waals surface area contributed by atoms with Crippen LogP contribution in [0.2, 0.25) is 5.02 Å². The largest absolute Gasteiger partial charge is 0.477 e. The van der Waals surface area contributed by atoms with E-state index in [1.165, 1.54) is 17.4 Å². The number of anilines is 1. The van der Waals surface area contributed by atoms with Crippen molar-refractivity contribution in [1.29, 1.82) is 0 Å². The fourth-order valence-corrected chi connectivity index (χ4v) is 8.63. The maximum Gasteiger partial charge on any atom is 0.345 e. The van der Waals surface area contributed by atoms with Gasteiger partial charge in [0.2, 0.25) is 10.0 Å². The highest BCUT2D eigenvalue weighted by Crippen LogP contribution is 2.39. The number of piperidine rings is 1. The number of unbranched alkanes of at least 4 members (excludes halogenated alkanes) is 1. The Morgan fingerprint density at radius 2 is 1.97 bits per heavy atom. The Balaban J connectivity index is 1.52. The van der Waals surface area contributed by atoms with Gasteiger partial charge in [0.25, 0.3) is 0 Å². The number of hydrogen-bond donors (Lipinski definition) is 2. The zero-order chi connectivity index (χ0) is 28.4. The van der Waals surface area contributed by atoms with E-state index in [2.05, 4.69) is 24.0 Å². The summed E-state index contributed by atoms with van der Waals surface area (Å²) in [5.74, 6) is -1.15. The number of carbonyl (C=O) groups is 1. The number of carboxylic acid groups (broad SMARTS) is 1. The topological polar surface area (TPSA) is 104 Å².